The third kappa shape index (κ3) is 4.11. The van der Waals surface area contributed by atoms with Crippen molar-refractivity contribution in [2.75, 3.05) is 6.54 Å². The number of carbonyl (C=O) groups excluding carboxylic acids is 2. The molecule has 0 atom stereocenters. The Hall–Kier alpha value is -3.28. The minimum absolute atomic E-state index is 0.153. The van der Waals surface area contributed by atoms with Gasteiger partial charge in [0.25, 0.3) is 11.8 Å². The standard InChI is InChI=1S/C21H23N3O3/c1-3-11-22-20(25)17(23-21(26)19-10-7-12-27-19)13-15-14-24(4-2)18-9-6-5-8-16(15)18/h5-10,12-14H,3-4,11H2,1-2H3,(H,22,25)(H,23,26). The van der Waals surface area contributed by atoms with Crippen LogP contribution in [0.15, 0.2) is 59.0 Å². The summed E-state index contributed by atoms with van der Waals surface area (Å²) in [6.45, 7) is 5.38. The highest BCUT2D eigenvalue weighted by atomic mass is 16.3. The van der Waals surface area contributed by atoms with Crippen LogP contribution in [-0.2, 0) is 11.3 Å². The first-order chi connectivity index (χ1) is 13.1. The predicted octanol–water partition coefficient (Wildman–Crippen LogP) is 3.55. The van der Waals surface area contributed by atoms with E-state index >= 15 is 0 Å². The molecule has 0 spiro atoms. The molecule has 3 aromatic rings. The first-order valence-corrected chi connectivity index (χ1v) is 9.06. The van der Waals surface area contributed by atoms with Crippen LogP contribution in [-0.4, -0.2) is 22.9 Å². The lowest BCUT2D eigenvalue weighted by Gasteiger charge is -2.09. The molecule has 0 unspecified atom stereocenters. The zero-order chi connectivity index (χ0) is 19.2. The number of fused-ring (bicyclic) bond motifs is 1. The predicted molar refractivity (Wildman–Crippen MR) is 105 cm³/mol. The fourth-order valence-corrected chi connectivity index (χ4v) is 2.89. The van der Waals surface area contributed by atoms with E-state index < -0.39 is 5.91 Å². The van der Waals surface area contributed by atoms with Crippen molar-refractivity contribution >= 4 is 28.8 Å². The average molecular weight is 365 g/mol. The number of para-hydroxylation sites is 1. The minimum atomic E-state index is -0.461. The Balaban J connectivity index is 1.99. The molecule has 0 radical (unpaired) electrons. The van der Waals surface area contributed by atoms with Gasteiger partial charge in [0.1, 0.15) is 5.70 Å². The van der Waals surface area contributed by atoms with Gasteiger partial charge in [0.2, 0.25) is 0 Å². The molecule has 27 heavy (non-hydrogen) atoms. The molecule has 140 valence electrons. The summed E-state index contributed by atoms with van der Waals surface area (Å²) in [5.74, 6) is -0.637. The largest absolute Gasteiger partial charge is 0.459 e. The van der Waals surface area contributed by atoms with Crippen LogP contribution in [0.2, 0.25) is 0 Å². The number of hydrogen-bond acceptors (Lipinski definition) is 3. The highest BCUT2D eigenvalue weighted by Crippen LogP contribution is 2.23. The maximum absolute atomic E-state index is 12.6. The lowest BCUT2D eigenvalue weighted by atomic mass is 10.1. The number of benzene rings is 1. The molecule has 2 N–H and O–H groups in total. The van der Waals surface area contributed by atoms with Gasteiger partial charge >= 0.3 is 0 Å². The number of hydrogen-bond donors (Lipinski definition) is 2. The van der Waals surface area contributed by atoms with Crippen molar-refractivity contribution in [2.24, 2.45) is 0 Å². The molecule has 0 saturated carbocycles. The van der Waals surface area contributed by atoms with Crippen LogP contribution in [0.25, 0.3) is 17.0 Å². The number of aryl methyl sites for hydroxylation is 1. The second kappa shape index (κ2) is 8.40. The van der Waals surface area contributed by atoms with E-state index in [4.69, 9.17) is 4.42 Å². The quantitative estimate of drug-likeness (QED) is 0.629. The molecular formula is C21H23N3O3. The molecule has 0 saturated heterocycles. The second-order valence-electron chi connectivity index (χ2n) is 6.13. The molecule has 0 aliphatic heterocycles. The van der Waals surface area contributed by atoms with E-state index in [9.17, 15) is 9.59 Å². The Bertz CT molecular complexity index is 968. The van der Waals surface area contributed by atoms with Crippen LogP contribution in [0.1, 0.15) is 36.4 Å². The molecule has 0 aliphatic carbocycles. The maximum atomic E-state index is 12.6. The van der Waals surface area contributed by atoms with Crippen molar-refractivity contribution in [3.05, 3.63) is 65.9 Å². The number of furan rings is 1. The van der Waals surface area contributed by atoms with Gasteiger partial charge in [-0.25, -0.2) is 0 Å². The number of aromatic nitrogens is 1. The van der Waals surface area contributed by atoms with E-state index in [1.165, 1.54) is 6.26 Å². The molecule has 3 rings (SSSR count). The van der Waals surface area contributed by atoms with Crippen LogP contribution in [0.3, 0.4) is 0 Å². The van der Waals surface area contributed by atoms with Crippen LogP contribution in [0, 0.1) is 0 Å². The lowest BCUT2D eigenvalue weighted by Crippen LogP contribution is -2.35. The maximum Gasteiger partial charge on any atom is 0.291 e. The summed E-state index contributed by atoms with van der Waals surface area (Å²) in [7, 11) is 0. The molecule has 2 heterocycles. The van der Waals surface area contributed by atoms with Gasteiger partial charge in [-0.05, 0) is 37.6 Å². The smallest absolute Gasteiger partial charge is 0.291 e. The number of nitrogens with one attached hydrogen (secondary N) is 2. The molecule has 6 heteroatoms. The third-order valence-corrected chi connectivity index (χ3v) is 4.23. The van der Waals surface area contributed by atoms with Gasteiger partial charge in [0.15, 0.2) is 5.76 Å². The van der Waals surface area contributed by atoms with Crippen molar-refractivity contribution in [1.82, 2.24) is 15.2 Å². The van der Waals surface area contributed by atoms with Crippen molar-refractivity contribution in [1.29, 1.82) is 0 Å². The topological polar surface area (TPSA) is 76.3 Å². The number of rotatable bonds is 7. The Kier molecular flexibility index (Phi) is 5.76. The van der Waals surface area contributed by atoms with Gasteiger partial charge in [-0.3, -0.25) is 9.59 Å². The van der Waals surface area contributed by atoms with Crippen molar-refractivity contribution in [3.8, 4) is 0 Å². The van der Waals surface area contributed by atoms with E-state index in [2.05, 4.69) is 22.1 Å². The lowest BCUT2D eigenvalue weighted by molar-refractivity contribution is -0.117. The Morgan fingerprint density at radius 3 is 2.67 bits per heavy atom. The second-order valence-corrected chi connectivity index (χ2v) is 6.13. The summed E-state index contributed by atoms with van der Waals surface area (Å²) < 4.78 is 7.23. The summed E-state index contributed by atoms with van der Waals surface area (Å²) in [6.07, 6.45) is 5.92. The van der Waals surface area contributed by atoms with Crippen LogP contribution >= 0.6 is 0 Å². The first kappa shape index (κ1) is 18.5. The number of nitrogens with zero attached hydrogens (tertiary/aromatic N) is 1. The summed E-state index contributed by atoms with van der Waals surface area (Å²) in [5, 5.41) is 6.51. The molecule has 2 aromatic heterocycles. The summed E-state index contributed by atoms with van der Waals surface area (Å²) >= 11 is 0. The molecular weight excluding hydrogens is 342 g/mol. The fourth-order valence-electron chi connectivity index (χ4n) is 2.89. The zero-order valence-electron chi connectivity index (χ0n) is 15.5. The Morgan fingerprint density at radius 1 is 1.15 bits per heavy atom. The summed E-state index contributed by atoms with van der Waals surface area (Å²) in [5.41, 5.74) is 2.13. The molecule has 2 amide bonds. The Morgan fingerprint density at radius 2 is 1.96 bits per heavy atom. The summed E-state index contributed by atoms with van der Waals surface area (Å²) in [4.78, 5) is 25.0. The highest BCUT2D eigenvalue weighted by molar-refractivity contribution is 6.05. The van der Waals surface area contributed by atoms with E-state index in [-0.39, 0.29) is 17.4 Å². The fraction of sp³-hybridized carbons (Fsp3) is 0.238. The minimum Gasteiger partial charge on any atom is -0.459 e. The summed E-state index contributed by atoms with van der Waals surface area (Å²) in [6, 6.07) is 11.2. The third-order valence-electron chi connectivity index (χ3n) is 4.23. The first-order valence-electron chi connectivity index (χ1n) is 9.06. The van der Waals surface area contributed by atoms with E-state index in [1.54, 1.807) is 18.2 Å². The van der Waals surface area contributed by atoms with Crippen LogP contribution < -0.4 is 10.6 Å². The number of amides is 2. The van der Waals surface area contributed by atoms with E-state index in [1.807, 2.05) is 37.4 Å². The van der Waals surface area contributed by atoms with E-state index in [0.717, 1.165) is 29.4 Å². The van der Waals surface area contributed by atoms with Gasteiger partial charge in [0.05, 0.1) is 6.26 Å². The molecule has 0 bridgehead atoms. The molecule has 0 aliphatic rings. The average Bonchev–Trinajstić information content (AvgIpc) is 3.34. The molecule has 0 fully saturated rings. The van der Waals surface area contributed by atoms with Gasteiger partial charge in [-0.15, -0.1) is 0 Å². The highest BCUT2D eigenvalue weighted by Gasteiger charge is 2.17. The molecule has 6 nitrogen and oxygen atoms in total. The van der Waals surface area contributed by atoms with Crippen molar-refractivity contribution < 1.29 is 14.0 Å². The van der Waals surface area contributed by atoms with Gasteiger partial charge < -0.3 is 19.6 Å². The monoisotopic (exact) mass is 365 g/mol. The Labute approximate surface area is 157 Å². The van der Waals surface area contributed by atoms with Gasteiger partial charge in [-0.2, -0.15) is 0 Å². The SMILES string of the molecule is CCCNC(=O)C(=Cc1cn(CC)c2ccccc12)NC(=O)c1ccco1. The van der Waals surface area contributed by atoms with Crippen LogP contribution in [0.5, 0.6) is 0 Å². The van der Waals surface area contributed by atoms with Crippen LogP contribution in [0.4, 0.5) is 0 Å². The molecule has 1 aromatic carbocycles. The van der Waals surface area contributed by atoms with E-state index in [0.29, 0.717) is 6.54 Å². The zero-order valence-corrected chi connectivity index (χ0v) is 15.5. The van der Waals surface area contributed by atoms with Gasteiger partial charge in [-0.1, -0.05) is 25.1 Å². The normalized spacial score (nSPS) is 11.6. The van der Waals surface area contributed by atoms with Crippen molar-refractivity contribution in [2.45, 2.75) is 26.8 Å². The van der Waals surface area contributed by atoms with Crippen molar-refractivity contribution in [3.63, 3.8) is 0 Å². The number of carbonyl (C=O) groups is 2. The van der Waals surface area contributed by atoms with Gasteiger partial charge in [0, 0.05) is 35.8 Å².